The van der Waals surface area contributed by atoms with Crippen LogP contribution in [0.25, 0.3) is 0 Å². The molecule has 8 heteroatoms. The molecule has 0 bridgehead atoms. The summed E-state index contributed by atoms with van der Waals surface area (Å²) in [6, 6.07) is 3.13. The van der Waals surface area contributed by atoms with Crippen molar-refractivity contribution < 1.29 is 19.4 Å². The summed E-state index contributed by atoms with van der Waals surface area (Å²) < 4.78 is 8.91. The van der Waals surface area contributed by atoms with Gasteiger partial charge in [-0.3, -0.25) is 4.79 Å². The van der Waals surface area contributed by atoms with Crippen LogP contribution >= 0.6 is 11.5 Å². The fraction of sp³-hybridized carbons (Fsp3) is 0.167. The zero-order valence-corrected chi connectivity index (χ0v) is 11.5. The predicted octanol–water partition coefficient (Wildman–Crippen LogP) is 1.81. The third kappa shape index (κ3) is 2.59. The highest BCUT2D eigenvalue weighted by molar-refractivity contribution is 7.11. The van der Waals surface area contributed by atoms with Gasteiger partial charge >= 0.3 is 5.97 Å². The molecule has 20 heavy (non-hydrogen) atoms. The molecular formula is C12H11N3O4S. The number of amides is 1. The number of nitrogens with one attached hydrogen (secondary N) is 1. The van der Waals surface area contributed by atoms with Crippen LogP contribution in [0.3, 0.4) is 0 Å². The van der Waals surface area contributed by atoms with Crippen LogP contribution in [0.1, 0.15) is 26.4 Å². The van der Waals surface area contributed by atoms with Crippen LogP contribution in [0.4, 0.5) is 5.00 Å². The fourth-order valence-electron chi connectivity index (χ4n) is 1.60. The molecule has 0 radical (unpaired) electrons. The Hall–Kier alpha value is -2.48. The molecule has 0 saturated carbocycles. The van der Waals surface area contributed by atoms with E-state index >= 15 is 0 Å². The van der Waals surface area contributed by atoms with E-state index in [1.165, 1.54) is 19.4 Å². The summed E-state index contributed by atoms with van der Waals surface area (Å²) in [6.45, 7) is 1.57. The summed E-state index contributed by atoms with van der Waals surface area (Å²) in [6.07, 6.45) is 1.50. The van der Waals surface area contributed by atoms with Crippen LogP contribution in [0.2, 0.25) is 0 Å². The van der Waals surface area contributed by atoms with E-state index in [-0.39, 0.29) is 22.0 Å². The van der Waals surface area contributed by atoms with Gasteiger partial charge in [-0.1, -0.05) is 0 Å². The molecule has 0 fully saturated rings. The van der Waals surface area contributed by atoms with Crippen molar-refractivity contribution in [2.75, 3.05) is 12.4 Å². The van der Waals surface area contributed by atoms with E-state index in [2.05, 4.69) is 14.7 Å². The highest BCUT2D eigenvalue weighted by atomic mass is 32.1. The number of pyridine rings is 1. The highest BCUT2D eigenvalue weighted by Gasteiger charge is 2.21. The van der Waals surface area contributed by atoms with Crippen LogP contribution in [-0.4, -0.2) is 33.5 Å². The van der Waals surface area contributed by atoms with Gasteiger partial charge in [-0.2, -0.15) is 4.37 Å². The minimum atomic E-state index is -1.13. The van der Waals surface area contributed by atoms with Crippen molar-refractivity contribution in [1.82, 2.24) is 9.36 Å². The monoisotopic (exact) mass is 293 g/mol. The lowest BCUT2D eigenvalue weighted by molar-refractivity contribution is 0.0697. The van der Waals surface area contributed by atoms with Gasteiger partial charge in [0.25, 0.3) is 5.91 Å². The van der Waals surface area contributed by atoms with Gasteiger partial charge in [-0.25, -0.2) is 9.78 Å². The van der Waals surface area contributed by atoms with Crippen LogP contribution in [0.15, 0.2) is 18.3 Å². The second-order valence-corrected chi connectivity index (χ2v) is 4.57. The predicted molar refractivity (Wildman–Crippen MR) is 72.6 cm³/mol. The number of aromatic carboxylic acids is 1. The average molecular weight is 293 g/mol. The van der Waals surface area contributed by atoms with Crippen molar-refractivity contribution in [3.63, 3.8) is 0 Å². The normalized spacial score (nSPS) is 10.1. The molecule has 0 aliphatic carbocycles. The molecule has 0 atom stereocenters. The molecule has 0 saturated heterocycles. The Morgan fingerprint density at radius 3 is 2.85 bits per heavy atom. The van der Waals surface area contributed by atoms with Crippen molar-refractivity contribution in [2.24, 2.45) is 0 Å². The summed E-state index contributed by atoms with van der Waals surface area (Å²) in [7, 11) is 1.40. The summed E-state index contributed by atoms with van der Waals surface area (Å²) in [5.74, 6) is -1.46. The number of carboxylic acid groups (broad SMARTS) is 1. The maximum absolute atomic E-state index is 12.1. The van der Waals surface area contributed by atoms with Crippen molar-refractivity contribution >= 4 is 28.4 Å². The standard InChI is InChI=1S/C12H11N3O4S/c1-6-8(12(17)18)11(20-15-6)14-9(16)7-4-3-5-13-10(7)19-2/h3-5H,1-2H3,(H,14,16)(H,17,18). The largest absolute Gasteiger partial charge is 0.480 e. The van der Waals surface area contributed by atoms with Crippen LogP contribution in [0, 0.1) is 6.92 Å². The molecule has 2 rings (SSSR count). The van der Waals surface area contributed by atoms with Gasteiger partial charge in [-0.05, 0) is 30.6 Å². The number of methoxy groups -OCH3 is 1. The number of carboxylic acids is 1. The molecule has 2 heterocycles. The van der Waals surface area contributed by atoms with E-state index in [0.29, 0.717) is 5.69 Å². The second-order valence-electron chi connectivity index (χ2n) is 3.79. The molecule has 2 aromatic rings. The van der Waals surface area contributed by atoms with Gasteiger partial charge in [0.1, 0.15) is 16.1 Å². The van der Waals surface area contributed by atoms with E-state index in [9.17, 15) is 9.59 Å². The first kappa shape index (κ1) is 13.9. The lowest BCUT2D eigenvalue weighted by atomic mass is 10.2. The third-order valence-corrected chi connectivity index (χ3v) is 3.37. The van der Waals surface area contributed by atoms with E-state index < -0.39 is 11.9 Å². The Kier molecular flexibility index (Phi) is 3.94. The van der Waals surface area contributed by atoms with Crippen LogP contribution in [-0.2, 0) is 0 Å². The number of ether oxygens (including phenoxy) is 1. The zero-order chi connectivity index (χ0) is 14.7. The Morgan fingerprint density at radius 1 is 1.45 bits per heavy atom. The topological polar surface area (TPSA) is 101 Å². The van der Waals surface area contributed by atoms with Crippen molar-refractivity contribution in [1.29, 1.82) is 0 Å². The van der Waals surface area contributed by atoms with Gasteiger partial charge in [0.2, 0.25) is 5.88 Å². The molecule has 0 aliphatic rings. The Bertz CT molecular complexity index is 668. The minimum Gasteiger partial charge on any atom is -0.480 e. The number of carbonyl (C=O) groups is 2. The zero-order valence-electron chi connectivity index (χ0n) is 10.7. The quantitative estimate of drug-likeness (QED) is 0.891. The second kappa shape index (κ2) is 5.66. The molecule has 7 nitrogen and oxygen atoms in total. The maximum atomic E-state index is 12.1. The Labute approximate surface area is 118 Å². The van der Waals surface area contributed by atoms with Crippen molar-refractivity contribution in [2.45, 2.75) is 6.92 Å². The van der Waals surface area contributed by atoms with Crippen LogP contribution < -0.4 is 10.1 Å². The number of nitrogens with zero attached hydrogens (tertiary/aromatic N) is 2. The molecule has 0 aliphatic heterocycles. The minimum absolute atomic E-state index is 0.00814. The highest BCUT2D eigenvalue weighted by Crippen LogP contribution is 2.26. The molecule has 0 unspecified atom stereocenters. The van der Waals surface area contributed by atoms with E-state index in [1.807, 2.05) is 0 Å². The number of anilines is 1. The SMILES string of the molecule is COc1ncccc1C(=O)Nc1snc(C)c1C(=O)O. The first-order chi connectivity index (χ1) is 9.54. The van der Waals surface area contributed by atoms with Crippen LogP contribution in [0.5, 0.6) is 5.88 Å². The van der Waals surface area contributed by atoms with E-state index in [1.54, 1.807) is 13.0 Å². The first-order valence-electron chi connectivity index (χ1n) is 5.54. The van der Waals surface area contributed by atoms with Gasteiger partial charge in [-0.15, -0.1) is 0 Å². The van der Waals surface area contributed by atoms with Gasteiger partial charge in [0.15, 0.2) is 0 Å². The first-order valence-corrected chi connectivity index (χ1v) is 6.32. The number of hydrogen-bond donors (Lipinski definition) is 2. The van der Waals surface area contributed by atoms with Gasteiger partial charge in [0.05, 0.1) is 12.8 Å². The molecular weight excluding hydrogens is 282 g/mol. The number of aromatic nitrogens is 2. The third-order valence-electron chi connectivity index (χ3n) is 2.51. The Morgan fingerprint density at radius 2 is 2.20 bits per heavy atom. The lowest BCUT2D eigenvalue weighted by Gasteiger charge is -2.07. The molecule has 0 spiro atoms. The smallest absolute Gasteiger partial charge is 0.340 e. The number of rotatable bonds is 4. The number of carbonyl (C=O) groups excluding carboxylic acids is 1. The van der Waals surface area contributed by atoms with Crippen molar-refractivity contribution in [3.8, 4) is 5.88 Å². The number of hydrogen-bond acceptors (Lipinski definition) is 6. The molecule has 104 valence electrons. The molecule has 2 N–H and O–H groups in total. The van der Waals surface area contributed by atoms with E-state index in [0.717, 1.165) is 11.5 Å². The van der Waals surface area contributed by atoms with Gasteiger partial charge in [0, 0.05) is 6.20 Å². The van der Waals surface area contributed by atoms with Gasteiger partial charge < -0.3 is 15.2 Å². The summed E-state index contributed by atoms with van der Waals surface area (Å²) in [5.41, 5.74) is 0.569. The summed E-state index contributed by atoms with van der Waals surface area (Å²) in [4.78, 5) is 27.2. The lowest BCUT2D eigenvalue weighted by Crippen LogP contribution is -2.15. The molecule has 2 aromatic heterocycles. The summed E-state index contributed by atoms with van der Waals surface area (Å²) >= 11 is 0.917. The Balaban J connectivity index is 2.31. The van der Waals surface area contributed by atoms with Crippen molar-refractivity contribution in [3.05, 3.63) is 35.2 Å². The average Bonchev–Trinajstić information content (AvgIpc) is 2.79. The van der Waals surface area contributed by atoms with E-state index in [4.69, 9.17) is 9.84 Å². The number of aryl methyl sites for hydroxylation is 1. The molecule has 1 amide bonds. The maximum Gasteiger partial charge on any atom is 0.340 e. The molecule has 0 aromatic carbocycles. The summed E-state index contributed by atoms with van der Waals surface area (Å²) in [5, 5.41) is 11.8. The fourth-order valence-corrected chi connectivity index (χ4v) is 2.39.